The molecule has 0 saturated heterocycles. The molecule has 5 aromatic rings. The summed E-state index contributed by atoms with van der Waals surface area (Å²) in [6.45, 7) is 0.500. The molecule has 1 aliphatic rings. The number of nitrogens with zero attached hydrogens (tertiary/aromatic N) is 4. The molecule has 6 rings (SSSR count). The maximum atomic E-state index is 10.9. The van der Waals surface area contributed by atoms with Gasteiger partial charge in [0.15, 0.2) is 0 Å². The predicted molar refractivity (Wildman–Crippen MR) is 142 cm³/mol. The number of hydrogen-bond donors (Lipinski definition) is 3. The molecule has 0 spiro atoms. The lowest BCUT2D eigenvalue weighted by Crippen LogP contribution is -2.29. The van der Waals surface area contributed by atoms with Crippen LogP contribution in [0, 0.1) is 5.92 Å². The Kier molecular flexibility index (Phi) is 6.20. The normalized spacial score (nSPS) is 21.6. The van der Waals surface area contributed by atoms with Gasteiger partial charge in [-0.2, -0.15) is 0 Å². The molecule has 1 saturated carbocycles. The topological polar surface area (TPSA) is 119 Å². The van der Waals surface area contributed by atoms with Crippen LogP contribution in [-0.2, 0) is 13.0 Å². The summed E-state index contributed by atoms with van der Waals surface area (Å²) in [5.41, 5.74) is 9.78. The number of pyridine rings is 1. The first-order chi connectivity index (χ1) is 18.1. The van der Waals surface area contributed by atoms with E-state index in [1.165, 1.54) is 6.33 Å². The van der Waals surface area contributed by atoms with Crippen LogP contribution in [0.5, 0.6) is 5.75 Å². The van der Waals surface area contributed by atoms with Gasteiger partial charge in [0.25, 0.3) is 0 Å². The van der Waals surface area contributed by atoms with E-state index in [4.69, 9.17) is 10.5 Å². The quantitative estimate of drug-likeness (QED) is 0.312. The van der Waals surface area contributed by atoms with Crippen LogP contribution in [0.4, 0.5) is 5.82 Å². The molecular formula is C29H29N5O3. The van der Waals surface area contributed by atoms with Gasteiger partial charge in [0.2, 0.25) is 0 Å². The number of nitrogen functional groups attached to an aromatic ring is 1. The highest BCUT2D eigenvalue weighted by Crippen LogP contribution is 2.40. The number of benzene rings is 2. The van der Waals surface area contributed by atoms with Crippen molar-refractivity contribution in [3.8, 4) is 5.75 Å². The average molecular weight is 496 g/mol. The second-order valence-corrected chi connectivity index (χ2v) is 9.74. The van der Waals surface area contributed by atoms with E-state index in [9.17, 15) is 10.2 Å². The number of rotatable bonds is 7. The molecule has 3 aromatic heterocycles. The molecule has 1 fully saturated rings. The second-order valence-electron chi connectivity index (χ2n) is 9.74. The molecule has 1 unspecified atom stereocenters. The van der Waals surface area contributed by atoms with Gasteiger partial charge in [-0.15, -0.1) is 0 Å². The van der Waals surface area contributed by atoms with Crippen molar-refractivity contribution >= 4 is 27.8 Å². The minimum absolute atomic E-state index is 0.0409. The lowest BCUT2D eigenvalue weighted by atomic mass is 9.95. The molecule has 3 heterocycles. The second kappa shape index (κ2) is 9.80. The number of ether oxygens (including phenoxy) is 1. The number of fused-ring (bicyclic) bond motifs is 2. The largest absolute Gasteiger partial charge is 0.488 e. The highest BCUT2D eigenvalue weighted by atomic mass is 16.5. The first kappa shape index (κ1) is 23.4. The number of aliphatic hydroxyl groups is 2. The first-order valence-corrected chi connectivity index (χ1v) is 12.6. The van der Waals surface area contributed by atoms with E-state index in [0.29, 0.717) is 24.5 Å². The van der Waals surface area contributed by atoms with Gasteiger partial charge >= 0.3 is 0 Å². The zero-order valence-corrected chi connectivity index (χ0v) is 20.3. The number of nitrogens with two attached hydrogens (primary N) is 1. The molecule has 0 radical (unpaired) electrons. The number of aromatic nitrogens is 4. The van der Waals surface area contributed by atoms with Crippen molar-refractivity contribution in [2.24, 2.45) is 5.92 Å². The van der Waals surface area contributed by atoms with E-state index < -0.39 is 12.2 Å². The lowest BCUT2D eigenvalue weighted by molar-refractivity contribution is 0.00545. The molecule has 8 nitrogen and oxygen atoms in total. The molecule has 8 heteroatoms. The van der Waals surface area contributed by atoms with Crippen molar-refractivity contribution < 1.29 is 14.9 Å². The van der Waals surface area contributed by atoms with Gasteiger partial charge in [-0.3, -0.25) is 4.98 Å². The third-order valence-electron chi connectivity index (χ3n) is 7.48. The molecule has 188 valence electrons. The Morgan fingerprint density at radius 1 is 0.919 bits per heavy atom. The van der Waals surface area contributed by atoms with Crippen molar-refractivity contribution in [3.05, 3.63) is 90.5 Å². The Labute approximate surface area is 214 Å². The van der Waals surface area contributed by atoms with Crippen LogP contribution >= 0.6 is 0 Å². The number of aliphatic hydroxyl groups excluding tert-OH is 2. The molecule has 2 aromatic carbocycles. The molecule has 4 atom stereocenters. The summed E-state index contributed by atoms with van der Waals surface area (Å²) in [5.74, 6) is 1.17. The fraction of sp³-hybridized carbons (Fsp3) is 0.276. The summed E-state index contributed by atoms with van der Waals surface area (Å²) in [6, 6.07) is 19.8. The SMILES string of the molecule is Nc1ncnc2c1ccn2C1C[C@H](CCc2ccc3c(OCc4ccccc4)ccnc3c2)[C@@H](O)[C@H]1O. The average Bonchev–Trinajstić information content (AvgIpc) is 3.48. The molecule has 0 bridgehead atoms. The lowest BCUT2D eigenvalue weighted by Gasteiger charge is -2.19. The van der Waals surface area contributed by atoms with E-state index in [-0.39, 0.29) is 12.0 Å². The van der Waals surface area contributed by atoms with Crippen LogP contribution in [0.1, 0.15) is 30.0 Å². The Balaban J connectivity index is 1.15. The highest BCUT2D eigenvalue weighted by Gasteiger charge is 2.42. The van der Waals surface area contributed by atoms with E-state index in [0.717, 1.165) is 46.0 Å². The Morgan fingerprint density at radius 2 is 1.78 bits per heavy atom. The standard InChI is InChI=1S/C29H29N5O3/c30-28-22-11-13-34(29(22)33-17-32-28)24-15-20(26(35)27(24)36)8-6-18-7-9-21-23(14-18)31-12-10-25(21)37-16-19-4-2-1-3-5-19/h1-5,7,9-14,17,20,24,26-27,35-36H,6,8,15-16H2,(H2,30,32,33)/t20-,24?,26+,27-/m0/s1. The molecule has 4 N–H and O–H groups in total. The predicted octanol–water partition coefficient (Wildman–Crippen LogP) is 4.06. The maximum Gasteiger partial charge on any atom is 0.145 e. The summed E-state index contributed by atoms with van der Waals surface area (Å²) in [5, 5.41) is 23.4. The number of anilines is 1. The van der Waals surface area contributed by atoms with Gasteiger partial charge in [-0.1, -0.05) is 36.4 Å². The fourth-order valence-electron chi connectivity index (χ4n) is 5.46. The highest BCUT2D eigenvalue weighted by molar-refractivity contribution is 5.86. The van der Waals surface area contributed by atoms with Gasteiger partial charge in [0.05, 0.1) is 23.0 Å². The van der Waals surface area contributed by atoms with E-state index in [1.54, 1.807) is 6.20 Å². The Morgan fingerprint density at radius 3 is 2.65 bits per heavy atom. The summed E-state index contributed by atoms with van der Waals surface area (Å²) in [4.78, 5) is 12.9. The van der Waals surface area contributed by atoms with Crippen molar-refractivity contribution in [3.63, 3.8) is 0 Å². The van der Waals surface area contributed by atoms with Crippen molar-refractivity contribution in [2.75, 3.05) is 5.73 Å². The van der Waals surface area contributed by atoms with Gasteiger partial charge in [0.1, 0.15) is 36.3 Å². The summed E-state index contributed by atoms with van der Waals surface area (Å²) >= 11 is 0. The Hall–Kier alpha value is -4.01. The molecule has 37 heavy (non-hydrogen) atoms. The van der Waals surface area contributed by atoms with Crippen LogP contribution in [0.3, 0.4) is 0 Å². The first-order valence-electron chi connectivity index (χ1n) is 12.6. The molecule has 0 amide bonds. The van der Waals surface area contributed by atoms with Crippen LogP contribution in [0.15, 0.2) is 79.4 Å². The third-order valence-corrected chi connectivity index (χ3v) is 7.48. The van der Waals surface area contributed by atoms with Crippen molar-refractivity contribution in [1.82, 2.24) is 19.5 Å². The zero-order chi connectivity index (χ0) is 25.4. The molecular weight excluding hydrogens is 466 g/mol. The number of aryl methyl sites for hydroxylation is 1. The Bertz CT molecular complexity index is 1540. The van der Waals surface area contributed by atoms with Gasteiger partial charge in [-0.25, -0.2) is 9.97 Å². The van der Waals surface area contributed by atoms with Crippen molar-refractivity contribution in [2.45, 2.75) is 44.1 Å². The van der Waals surface area contributed by atoms with Crippen LogP contribution in [0.25, 0.3) is 21.9 Å². The maximum absolute atomic E-state index is 10.9. The van der Waals surface area contributed by atoms with E-state index in [1.807, 2.05) is 53.2 Å². The number of hydrogen-bond acceptors (Lipinski definition) is 7. The minimum atomic E-state index is -0.876. The molecule has 1 aliphatic carbocycles. The van der Waals surface area contributed by atoms with E-state index in [2.05, 4.69) is 33.2 Å². The molecule has 0 aliphatic heterocycles. The monoisotopic (exact) mass is 495 g/mol. The zero-order valence-electron chi connectivity index (χ0n) is 20.3. The third kappa shape index (κ3) is 4.50. The van der Waals surface area contributed by atoms with Gasteiger partial charge < -0.3 is 25.3 Å². The fourth-order valence-corrected chi connectivity index (χ4v) is 5.46. The van der Waals surface area contributed by atoms with Crippen LogP contribution < -0.4 is 10.5 Å². The van der Waals surface area contributed by atoms with Crippen molar-refractivity contribution in [1.29, 1.82) is 0 Å². The summed E-state index contributed by atoms with van der Waals surface area (Å²) < 4.78 is 7.99. The van der Waals surface area contributed by atoms with Gasteiger partial charge in [0, 0.05) is 17.8 Å². The summed E-state index contributed by atoms with van der Waals surface area (Å²) in [6.07, 6.45) is 5.56. The van der Waals surface area contributed by atoms with E-state index >= 15 is 0 Å². The smallest absolute Gasteiger partial charge is 0.145 e. The van der Waals surface area contributed by atoms with Gasteiger partial charge in [-0.05, 0) is 60.6 Å². The van der Waals surface area contributed by atoms with Crippen LogP contribution in [-0.4, -0.2) is 41.9 Å². The van der Waals surface area contributed by atoms with Crippen LogP contribution in [0.2, 0.25) is 0 Å². The summed E-state index contributed by atoms with van der Waals surface area (Å²) in [7, 11) is 0. The minimum Gasteiger partial charge on any atom is -0.488 e.